The number of nitrogens with one attached hydrogen (secondary N) is 1. The molecule has 0 aliphatic carbocycles. The van der Waals surface area contributed by atoms with Crippen molar-refractivity contribution in [3.05, 3.63) is 17.5 Å². The van der Waals surface area contributed by atoms with Crippen LogP contribution in [0.2, 0.25) is 0 Å². The van der Waals surface area contributed by atoms with Gasteiger partial charge in [-0.1, -0.05) is 13.3 Å². The fourth-order valence-electron chi connectivity index (χ4n) is 1.94. The van der Waals surface area contributed by atoms with Gasteiger partial charge in [-0.2, -0.15) is 5.10 Å². The zero-order chi connectivity index (χ0) is 13.5. The van der Waals surface area contributed by atoms with Crippen LogP contribution in [0.1, 0.15) is 49.2 Å². The summed E-state index contributed by atoms with van der Waals surface area (Å²) in [5.41, 5.74) is 7.04. The van der Waals surface area contributed by atoms with Crippen LogP contribution in [-0.2, 0) is 6.54 Å². The number of amides is 1. The molecule has 18 heavy (non-hydrogen) atoms. The van der Waals surface area contributed by atoms with E-state index in [2.05, 4.69) is 17.3 Å². The van der Waals surface area contributed by atoms with Gasteiger partial charge in [0.25, 0.3) is 5.91 Å². The second-order valence-corrected chi connectivity index (χ2v) is 4.67. The van der Waals surface area contributed by atoms with Crippen LogP contribution in [0, 0.1) is 6.92 Å². The van der Waals surface area contributed by atoms with E-state index in [-0.39, 0.29) is 11.9 Å². The van der Waals surface area contributed by atoms with E-state index in [1.807, 2.05) is 18.5 Å². The number of hydrogen-bond acceptors (Lipinski definition) is 3. The fraction of sp³-hybridized carbons (Fsp3) is 0.692. The number of nitrogens with zero attached hydrogens (tertiary/aromatic N) is 2. The SMILES string of the molecule is CCCC(C)NC(=O)c1cnn(CCCN)c1C. The zero-order valence-corrected chi connectivity index (χ0v) is 11.6. The van der Waals surface area contributed by atoms with E-state index < -0.39 is 0 Å². The topological polar surface area (TPSA) is 72.9 Å². The van der Waals surface area contributed by atoms with E-state index in [0.717, 1.165) is 31.5 Å². The van der Waals surface area contributed by atoms with Crippen LogP contribution >= 0.6 is 0 Å². The van der Waals surface area contributed by atoms with Crippen molar-refractivity contribution >= 4 is 5.91 Å². The lowest BCUT2D eigenvalue weighted by Crippen LogP contribution is -2.32. The maximum Gasteiger partial charge on any atom is 0.254 e. The maximum atomic E-state index is 12.0. The van der Waals surface area contributed by atoms with Gasteiger partial charge in [0, 0.05) is 18.3 Å². The van der Waals surface area contributed by atoms with E-state index in [4.69, 9.17) is 5.73 Å². The summed E-state index contributed by atoms with van der Waals surface area (Å²) in [6.45, 7) is 7.45. The summed E-state index contributed by atoms with van der Waals surface area (Å²) >= 11 is 0. The van der Waals surface area contributed by atoms with E-state index in [1.54, 1.807) is 6.20 Å². The van der Waals surface area contributed by atoms with Crippen LogP contribution in [0.4, 0.5) is 0 Å². The molecular formula is C13H24N4O. The van der Waals surface area contributed by atoms with Crippen molar-refractivity contribution in [1.82, 2.24) is 15.1 Å². The number of hydrogen-bond donors (Lipinski definition) is 2. The van der Waals surface area contributed by atoms with E-state index in [1.165, 1.54) is 0 Å². The van der Waals surface area contributed by atoms with E-state index in [9.17, 15) is 4.79 Å². The number of aryl methyl sites for hydroxylation is 1. The molecule has 5 nitrogen and oxygen atoms in total. The van der Waals surface area contributed by atoms with Crippen LogP contribution in [0.3, 0.4) is 0 Å². The van der Waals surface area contributed by atoms with Gasteiger partial charge in [0.2, 0.25) is 0 Å². The molecule has 102 valence electrons. The molecule has 0 aliphatic rings. The van der Waals surface area contributed by atoms with Crippen LogP contribution in [-0.4, -0.2) is 28.3 Å². The minimum absolute atomic E-state index is 0.0348. The van der Waals surface area contributed by atoms with Crippen molar-refractivity contribution < 1.29 is 4.79 Å². The smallest absolute Gasteiger partial charge is 0.254 e. The summed E-state index contributed by atoms with van der Waals surface area (Å²) in [7, 11) is 0. The average Bonchev–Trinajstić information content (AvgIpc) is 2.68. The van der Waals surface area contributed by atoms with Gasteiger partial charge in [0.05, 0.1) is 11.8 Å². The van der Waals surface area contributed by atoms with Crippen molar-refractivity contribution in [1.29, 1.82) is 0 Å². The predicted octanol–water partition coefficient (Wildman–Crippen LogP) is 1.46. The van der Waals surface area contributed by atoms with Gasteiger partial charge in [0.15, 0.2) is 0 Å². The molecule has 0 aliphatic heterocycles. The Balaban J connectivity index is 2.66. The Bertz CT molecular complexity index is 386. The van der Waals surface area contributed by atoms with Gasteiger partial charge in [-0.05, 0) is 33.2 Å². The fourth-order valence-corrected chi connectivity index (χ4v) is 1.94. The van der Waals surface area contributed by atoms with Gasteiger partial charge >= 0.3 is 0 Å². The first-order chi connectivity index (χ1) is 8.60. The molecule has 1 aromatic heterocycles. The first-order valence-corrected chi connectivity index (χ1v) is 6.63. The van der Waals surface area contributed by atoms with Crippen LogP contribution in [0.15, 0.2) is 6.20 Å². The third-order valence-corrected chi connectivity index (χ3v) is 3.02. The van der Waals surface area contributed by atoms with Crippen LogP contribution < -0.4 is 11.1 Å². The van der Waals surface area contributed by atoms with Gasteiger partial charge in [-0.15, -0.1) is 0 Å². The maximum absolute atomic E-state index is 12.0. The number of carbonyl (C=O) groups is 1. The molecule has 1 atom stereocenters. The molecule has 0 radical (unpaired) electrons. The Labute approximate surface area is 109 Å². The zero-order valence-electron chi connectivity index (χ0n) is 11.6. The van der Waals surface area contributed by atoms with Crippen molar-refractivity contribution in [2.24, 2.45) is 5.73 Å². The number of aromatic nitrogens is 2. The van der Waals surface area contributed by atoms with Crippen molar-refractivity contribution in [3.63, 3.8) is 0 Å². The molecule has 0 saturated heterocycles. The molecule has 0 spiro atoms. The third kappa shape index (κ3) is 3.84. The van der Waals surface area contributed by atoms with Gasteiger partial charge in [-0.3, -0.25) is 9.48 Å². The standard InChI is InChI=1S/C13H24N4O/c1-4-6-10(2)16-13(18)12-9-15-17(11(12)3)8-5-7-14/h9-10H,4-8,14H2,1-3H3,(H,16,18). The Morgan fingerprint density at radius 3 is 2.94 bits per heavy atom. The first kappa shape index (κ1) is 14.7. The second-order valence-electron chi connectivity index (χ2n) is 4.67. The summed E-state index contributed by atoms with van der Waals surface area (Å²) in [6.07, 6.45) is 4.57. The molecule has 0 fully saturated rings. The van der Waals surface area contributed by atoms with Crippen molar-refractivity contribution in [3.8, 4) is 0 Å². The molecule has 1 rings (SSSR count). The second kappa shape index (κ2) is 7.16. The summed E-state index contributed by atoms with van der Waals surface area (Å²) < 4.78 is 1.84. The molecule has 0 aromatic carbocycles. The molecule has 0 saturated carbocycles. The Morgan fingerprint density at radius 2 is 2.33 bits per heavy atom. The summed E-state index contributed by atoms with van der Waals surface area (Å²) in [4.78, 5) is 12.0. The highest BCUT2D eigenvalue weighted by molar-refractivity contribution is 5.95. The molecule has 0 bridgehead atoms. The lowest BCUT2D eigenvalue weighted by atomic mass is 10.1. The molecule has 1 amide bonds. The molecule has 1 heterocycles. The van der Waals surface area contributed by atoms with E-state index in [0.29, 0.717) is 12.1 Å². The molecule has 5 heteroatoms. The van der Waals surface area contributed by atoms with Crippen LogP contribution in [0.25, 0.3) is 0 Å². The third-order valence-electron chi connectivity index (χ3n) is 3.02. The van der Waals surface area contributed by atoms with Gasteiger partial charge in [-0.25, -0.2) is 0 Å². The Hall–Kier alpha value is -1.36. The average molecular weight is 252 g/mol. The Kier molecular flexibility index (Phi) is 5.85. The largest absolute Gasteiger partial charge is 0.349 e. The van der Waals surface area contributed by atoms with Gasteiger partial charge in [0.1, 0.15) is 0 Å². The van der Waals surface area contributed by atoms with Crippen LogP contribution in [0.5, 0.6) is 0 Å². The highest BCUT2D eigenvalue weighted by Gasteiger charge is 2.15. The monoisotopic (exact) mass is 252 g/mol. The lowest BCUT2D eigenvalue weighted by molar-refractivity contribution is 0.0937. The van der Waals surface area contributed by atoms with Crippen molar-refractivity contribution in [2.75, 3.05) is 6.54 Å². The molecular weight excluding hydrogens is 228 g/mol. The normalized spacial score (nSPS) is 12.4. The quantitative estimate of drug-likeness (QED) is 0.771. The number of nitrogens with two attached hydrogens (primary N) is 1. The minimum Gasteiger partial charge on any atom is -0.349 e. The summed E-state index contributed by atoms with van der Waals surface area (Å²) in [6, 6.07) is 0.203. The molecule has 3 N–H and O–H groups in total. The lowest BCUT2D eigenvalue weighted by Gasteiger charge is -2.12. The van der Waals surface area contributed by atoms with Crippen molar-refractivity contribution in [2.45, 2.75) is 52.6 Å². The Morgan fingerprint density at radius 1 is 1.61 bits per heavy atom. The first-order valence-electron chi connectivity index (χ1n) is 6.63. The number of rotatable bonds is 7. The highest BCUT2D eigenvalue weighted by atomic mass is 16.1. The van der Waals surface area contributed by atoms with Gasteiger partial charge < -0.3 is 11.1 Å². The predicted molar refractivity (Wildman–Crippen MR) is 72.5 cm³/mol. The summed E-state index contributed by atoms with van der Waals surface area (Å²) in [5, 5.41) is 7.22. The van der Waals surface area contributed by atoms with E-state index >= 15 is 0 Å². The highest BCUT2D eigenvalue weighted by Crippen LogP contribution is 2.08. The minimum atomic E-state index is -0.0348. The molecule has 1 aromatic rings. The molecule has 1 unspecified atom stereocenters. The summed E-state index contributed by atoms with van der Waals surface area (Å²) in [5.74, 6) is -0.0348. The number of carbonyl (C=O) groups excluding carboxylic acids is 1.